The van der Waals surface area contributed by atoms with Gasteiger partial charge in [0.1, 0.15) is 12.2 Å². The Morgan fingerprint density at radius 3 is 2.53 bits per heavy atom. The predicted octanol–water partition coefficient (Wildman–Crippen LogP) is 1.91. The van der Waals surface area contributed by atoms with Crippen LogP contribution in [0.25, 0.3) is 0 Å². The molecule has 3 atom stereocenters. The Labute approximate surface area is 237 Å². The van der Waals surface area contributed by atoms with Crippen LogP contribution >= 0.6 is 22.6 Å². The molecule has 0 bridgehead atoms. The molecule has 0 aliphatic heterocycles. The summed E-state index contributed by atoms with van der Waals surface area (Å²) >= 11 is 2.07. The van der Waals surface area contributed by atoms with Crippen molar-refractivity contribution < 1.29 is 39.1 Å². The molecule has 0 aromatic heterocycles. The Morgan fingerprint density at radius 2 is 1.89 bits per heavy atom. The van der Waals surface area contributed by atoms with Crippen molar-refractivity contribution in [2.24, 2.45) is 0 Å². The van der Waals surface area contributed by atoms with Crippen molar-refractivity contribution in [3.63, 3.8) is 0 Å². The Morgan fingerprint density at radius 1 is 1.16 bits per heavy atom. The molecule has 1 aromatic rings. The summed E-state index contributed by atoms with van der Waals surface area (Å²) in [4.78, 5) is 28.3. The SMILES string of the molecule is COCCC(=O)N(C1CCCCC1)C1CC(C(=O)NCCO)=CC(Oc2c(I)cc(CO)cc2OC)C1O. The highest BCUT2D eigenvalue weighted by molar-refractivity contribution is 14.1. The van der Waals surface area contributed by atoms with Crippen LogP contribution in [0.15, 0.2) is 23.8 Å². The number of rotatable bonds is 12. The van der Waals surface area contributed by atoms with Gasteiger partial charge in [-0.3, -0.25) is 9.59 Å². The molecule has 3 unspecified atom stereocenters. The topological polar surface area (TPSA) is 138 Å². The van der Waals surface area contributed by atoms with Gasteiger partial charge in [0.15, 0.2) is 11.5 Å². The van der Waals surface area contributed by atoms with Crippen molar-refractivity contribution in [2.75, 3.05) is 34.0 Å². The lowest BCUT2D eigenvalue weighted by Crippen LogP contribution is -2.58. The molecule has 212 valence electrons. The van der Waals surface area contributed by atoms with Crippen LogP contribution in [0.3, 0.4) is 0 Å². The summed E-state index contributed by atoms with van der Waals surface area (Å²) in [7, 11) is 3.03. The molecule has 0 spiro atoms. The van der Waals surface area contributed by atoms with Gasteiger partial charge < -0.3 is 39.7 Å². The van der Waals surface area contributed by atoms with E-state index in [1.807, 2.05) is 0 Å². The van der Waals surface area contributed by atoms with E-state index in [-0.39, 0.29) is 57.1 Å². The maximum atomic E-state index is 13.5. The lowest BCUT2D eigenvalue weighted by molar-refractivity contribution is -0.144. The molecule has 2 aliphatic rings. The van der Waals surface area contributed by atoms with E-state index < -0.39 is 18.2 Å². The number of aliphatic hydroxyl groups excluding tert-OH is 3. The first-order chi connectivity index (χ1) is 18.3. The highest BCUT2D eigenvalue weighted by atomic mass is 127. The molecule has 11 heteroatoms. The quantitative estimate of drug-likeness (QED) is 0.253. The van der Waals surface area contributed by atoms with Gasteiger partial charge in [0.05, 0.1) is 43.0 Å². The number of amides is 2. The van der Waals surface area contributed by atoms with E-state index in [2.05, 4.69) is 27.9 Å². The predicted molar refractivity (Wildman–Crippen MR) is 149 cm³/mol. The Kier molecular flexibility index (Phi) is 12.1. The summed E-state index contributed by atoms with van der Waals surface area (Å²) in [6, 6.07) is 2.68. The van der Waals surface area contributed by atoms with Gasteiger partial charge in [0, 0.05) is 31.7 Å². The smallest absolute Gasteiger partial charge is 0.247 e. The fraction of sp³-hybridized carbons (Fsp3) is 0.630. The van der Waals surface area contributed by atoms with E-state index in [9.17, 15) is 24.9 Å². The van der Waals surface area contributed by atoms with Gasteiger partial charge >= 0.3 is 0 Å². The van der Waals surface area contributed by atoms with Crippen molar-refractivity contribution in [3.8, 4) is 11.5 Å². The van der Waals surface area contributed by atoms with Gasteiger partial charge in [-0.05, 0) is 59.2 Å². The summed E-state index contributed by atoms with van der Waals surface area (Å²) in [6.07, 6.45) is 4.60. The number of carbonyl (C=O) groups is 2. The zero-order valence-corrected chi connectivity index (χ0v) is 24.2. The van der Waals surface area contributed by atoms with Gasteiger partial charge in [-0.15, -0.1) is 0 Å². The molecule has 1 saturated carbocycles. The zero-order valence-electron chi connectivity index (χ0n) is 22.0. The molecule has 4 N–H and O–H groups in total. The third kappa shape index (κ3) is 7.59. The molecule has 10 nitrogen and oxygen atoms in total. The lowest BCUT2D eigenvalue weighted by Gasteiger charge is -2.45. The lowest BCUT2D eigenvalue weighted by atomic mass is 9.85. The minimum Gasteiger partial charge on any atom is -0.493 e. The van der Waals surface area contributed by atoms with E-state index >= 15 is 0 Å². The number of nitrogens with one attached hydrogen (secondary N) is 1. The number of halogens is 1. The number of benzene rings is 1. The second-order valence-electron chi connectivity index (χ2n) is 9.62. The summed E-state index contributed by atoms with van der Waals surface area (Å²) in [5, 5.41) is 33.1. The second kappa shape index (κ2) is 15.0. The molecular formula is C27H39IN2O8. The largest absolute Gasteiger partial charge is 0.493 e. The molecule has 0 saturated heterocycles. The number of hydrogen-bond acceptors (Lipinski definition) is 8. The number of methoxy groups -OCH3 is 2. The summed E-state index contributed by atoms with van der Waals surface area (Å²) in [6.45, 7) is -0.0312. The maximum absolute atomic E-state index is 13.5. The van der Waals surface area contributed by atoms with Crippen molar-refractivity contribution in [3.05, 3.63) is 32.9 Å². The van der Waals surface area contributed by atoms with E-state index in [1.54, 1.807) is 30.2 Å². The third-order valence-electron chi connectivity index (χ3n) is 7.07. The van der Waals surface area contributed by atoms with Gasteiger partial charge in [-0.1, -0.05) is 19.3 Å². The monoisotopic (exact) mass is 646 g/mol. The third-order valence-corrected chi connectivity index (χ3v) is 7.87. The van der Waals surface area contributed by atoms with Gasteiger partial charge in [-0.2, -0.15) is 0 Å². The fourth-order valence-electron chi connectivity index (χ4n) is 5.20. The maximum Gasteiger partial charge on any atom is 0.247 e. The van der Waals surface area contributed by atoms with E-state index in [0.717, 1.165) is 32.1 Å². The number of ether oxygens (including phenoxy) is 3. The minimum atomic E-state index is -1.11. The number of hydrogen-bond donors (Lipinski definition) is 4. The van der Waals surface area contributed by atoms with Gasteiger partial charge in [-0.25, -0.2) is 0 Å². The molecule has 2 amide bonds. The average Bonchev–Trinajstić information content (AvgIpc) is 2.93. The van der Waals surface area contributed by atoms with Gasteiger partial charge in [0.2, 0.25) is 11.8 Å². The fourth-order valence-corrected chi connectivity index (χ4v) is 5.99. The Balaban J connectivity index is 2.00. The van der Waals surface area contributed by atoms with E-state index in [0.29, 0.717) is 26.2 Å². The summed E-state index contributed by atoms with van der Waals surface area (Å²) < 4.78 is 17.6. The second-order valence-corrected chi connectivity index (χ2v) is 10.8. The van der Waals surface area contributed by atoms with Crippen LogP contribution in [0.5, 0.6) is 11.5 Å². The molecule has 3 rings (SSSR count). The van der Waals surface area contributed by atoms with Crippen LogP contribution in [0.2, 0.25) is 0 Å². The van der Waals surface area contributed by atoms with Crippen LogP contribution in [0.4, 0.5) is 0 Å². The van der Waals surface area contributed by atoms with Crippen LogP contribution in [0.1, 0.15) is 50.5 Å². The normalized spacial score (nSPS) is 21.9. The van der Waals surface area contributed by atoms with Gasteiger partial charge in [0.25, 0.3) is 0 Å². The van der Waals surface area contributed by atoms with Crippen LogP contribution in [0, 0.1) is 3.57 Å². The number of aliphatic hydroxyl groups is 3. The molecule has 0 heterocycles. The summed E-state index contributed by atoms with van der Waals surface area (Å²) in [5.74, 6) is 0.249. The highest BCUT2D eigenvalue weighted by Crippen LogP contribution is 2.38. The van der Waals surface area contributed by atoms with Crippen molar-refractivity contribution >= 4 is 34.4 Å². The number of nitrogens with zero attached hydrogens (tertiary/aromatic N) is 1. The average molecular weight is 647 g/mol. The van der Waals surface area contributed by atoms with Crippen LogP contribution < -0.4 is 14.8 Å². The first-order valence-corrected chi connectivity index (χ1v) is 14.1. The van der Waals surface area contributed by atoms with Crippen molar-refractivity contribution in [2.45, 2.75) is 75.8 Å². The van der Waals surface area contributed by atoms with Crippen LogP contribution in [-0.4, -0.2) is 90.3 Å². The molecule has 1 aromatic carbocycles. The summed E-state index contributed by atoms with van der Waals surface area (Å²) in [5.41, 5.74) is 1.02. The molecule has 2 aliphatic carbocycles. The van der Waals surface area contributed by atoms with Crippen molar-refractivity contribution in [1.29, 1.82) is 0 Å². The standard InChI is InChI=1S/C27H39IN2O8/c1-36-11-8-24(33)30(19-6-4-3-5-7-19)21-14-18(27(35)29-9-10-31)15-22(25(21)34)38-26-20(28)12-17(16-32)13-23(26)37-2/h12-13,15,19,21-22,25,31-32,34H,3-11,14,16H2,1-2H3,(H,29,35). The minimum absolute atomic E-state index is 0.0493. The Hall–Kier alpha value is -1.93. The van der Waals surface area contributed by atoms with Crippen molar-refractivity contribution in [1.82, 2.24) is 10.2 Å². The Bertz CT molecular complexity index is 982. The zero-order chi connectivity index (χ0) is 27.7. The molecular weight excluding hydrogens is 607 g/mol. The highest BCUT2D eigenvalue weighted by Gasteiger charge is 2.43. The molecule has 1 fully saturated rings. The number of carbonyl (C=O) groups excluding carboxylic acids is 2. The molecule has 38 heavy (non-hydrogen) atoms. The first-order valence-electron chi connectivity index (χ1n) is 13.1. The first kappa shape index (κ1) is 30.6. The molecule has 0 radical (unpaired) electrons. The van der Waals surface area contributed by atoms with Crippen LogP contribution in [-0.2, 0) is 20.9 Å². The van der Waals surface area contributed by atoms with E-state index in [4.69, 9.17) is 14.2 Å². The van der Waals surface area contributed by atoms with E-state index in [1.165, 1.54) is 7.11 Å².